The molecule has 2 aromatic carbocycles. The molecule has 0 bridgehead atoms. The minimum absolute atomic E-state index is 0.340. The normalized spacial score (nSPS) is 15.5. The molecule has 1 heterocycles. The van der Waals surface area contributed by atoms with Gasteiger partial charge in [-0.1, -0.05) is 35.3 Å². The van der Waals surface area contributed by atoms with Crippen LogP contribution in [0.1, 0.15) is 0 Å². The summed E-state index contributed by atoms with van der Waals surface area (Å²) in [5, 5.41) is 11.1. The number of hydrogen-bond acceptors (Lipinski definition) is 4. The zero-order valence-electron chi connectivity index (χ0n) is 13.3. The number of phenols is 1. The standard InChI is InChI=1S/C18H20Cl2N2O2/c19-14-5-6-18(15(20)13-14)24-12-11-21-7-9-22(10-8-21)16-3-1-2-4-17(16)23/h1-6,13,23H,7-12H2. The molecule has 0 aromatic heterocycles. The van der Waals surface area contributed by atoms with Gasteiger partial charge in [-0.15, -0.1) is 0 Å². The van der Waals surface area contributed by atoms with Crippen molar-refractivity contribution in [3.8, 4) is 11.5 Å². The van der Waals surface area contributed by atoms with Gasteiger partial charge < -0.3 is 14.7 Å². The van der Waals surface area contributed by atoms with Crippen LogP contribution in [0.25, 0.3) is 0 Å². The predicted molar refractivity (Wildman–Crippen MR) is 98.7 cm³/mol. The zero-order valence-corrected chi connectivity index (χ0v) is 14.8. The van der Waals surface area contributed by atoms with Crippen LogP contribution in [0.15, 0.2) is 42.5 Å². The fraction of sp³-hybridized carbons (Fsp3) is 0.333. The van der Waals surface area contributed by atoms with Crippen LogP contribution in [0.3, 0.4) is 0 Å². The topological polar surface area (TPSA) is 35.9 Å². The summed E-state index contributed by atoms with van der Waals surface area (Å²) in [6, 6.07) is 12.7. The van der Waals surface area contributed by atoms with E-state index in [-0.39, 0.29) is 0 Å². The van der Waals surface area contributed by atoms with E-state index < -0.39 is 0 Å². The van der Waals surface area contributed by atoms with Crippen molar-refractivity contribution >= 4 is 28.9 Å². The summed E-state index contributed by atoms with van der Waals surface area (Å²) in [6.45, 7) is 5.07. The molecule has 2 aromatic rings. The molecule has 3 rings (SSSR count). The lowest BCUT2D eigenvalue weighted by Crippen LogP contribution is -2.47. The van der Waals surface area contributed by atoms with Gasteiger partial charge in [-0.25, -0.2) is 0 Å². The first kappa shape index (κ1) is 17.2. The first-order valence-electron chi connectivity index (χ1n) is 7.96. The molecule has 0 atom stereocenters. The van der Waals surface area contributed by atoms with Crippen LogP contribution in [0.4, 0.5) is 5.69 Å². The summed E-state index contributed by atoms with van der Waals surface area (Å²) < 4.78 is 5.74. The highest BCUT2D eigenvalue weighted by Crippen LogP contribution is 2.28. The molecule has 128 valence electrons. The lowest BCUT2D eigenvalue weighted by Gasteiger charge is -2.36. The summed E-state index contributed by atoms with van der Waals surface area (Å²) in [5.74, 6) is 1.00. The van der Waals surface area contributed by atoms with Crippen LogP contribution >= 0.6 is 23.2 Å². The van der Waals surface area contributed by atoms with E-state index in [1.165, 1.54) is 0 Å². The Hall–Kier alpha value is -1.62. The van der Waals surface area contributed by atoms with E-state index in [0.717, 1.165) is 38.4 Å². The van der Waals surface area contributed by atoms with Gasteiger partial charge in [0, 0.05) is 37.7 Å². The van der Waals surface area contributed by atoms with E-state index in [1.807, 2.05) is 18.2 Å². The molecule has 1 aliphatic rings. The predicted octanol–water partition coefficient (Wildman–Crippen LogP) is 3.90. The summed E-state index contributed by atoms with van der Waals surface area (Å²) in [4.78, 5) is 4.56. The maximum absolute atomic E-state index is 9.94. The van der Waals surface area contributed by atoms with Crippen molar-refractivity contribution in [1.29, 1.82) is 0 Å². The second-order valence-corrected chi connectivity index (χ2v) is 6.58. The first-order chi connectivity index (χ1) is 11.6. The molecule has 0 spiro atoms. The Balaban J connectivity index is 1.45. The van der Waals surface area contributed by atoms with E-state index >= 15 is 0 Å². The number of anilines is 1. The number of ether oxygens (including phenoxy) is 1. The Kier molecular flexibility index (Phi) is 5.72. The molecule has 1 saturated heterocycles. The van der Waals surface area contributed by atoms with Gasteiger partial charge in [0.1, 0.15) is 18.1 Å². The highest BCUT2D eigenvalue weighted by molar-refractivity contribution is 6.35. The monoisotopic (exact) mass is 366 g/mol. The van der Waals surface area contributed by atoms with Crippen molar-refractivity contribution in [1.82, 2.24) is 4.90 Å². The molecule has 0 aliphatic carbocycles. The molecule has 4 nitrogen and oxygen atoms in total. The smallest absolute Gasteiger partial charge is 0.138 e. The number of nitrogens with zero attached hydrogens (tertiary/aromatic N) is 2. The van der Waals surface area contributed by atoms with Gasteiger partial charge in [-0.05, 0) is 30.3 Å². The van der Waals surface area contributed by atoms with E-state index in [0.29, 0.717) is 28.2 Å². The Bertz CT molecular complexity index is 688. The lowest BCUT2D eigenvalue weighted by atomic mass is 10.2. The minimum Gasteiger partial charge on any atom is -0.506 e. The molecule has 0 saturated carbocycles. The quantitative estimate of drug-likeness (QED) is 0.870. The third kappa shape index (κ3) is 4.26. The van der Waals surface area contributed by atoms with E-state index in [4.69, 9.17) is 27.9 Å². The molecule has 1 N–H and O–H groups in total. The van der Waals surface area contributed by atoms with Crippen molar-refractivity contribution in [3.63, 3.8) is 0 Å². The number of para-hydroxylation sites is 2. The van der Waals surface area contributed by atoms with Crippen LogP contribution in [0.2, 0.25) is 10.0 Å². The van der Waals surface area contributed by atoms with E-state index in [1.54, 1.807) is 24.3 Å². The van der Waals surface area contributed by atoms with Crippen molar-refractivity contribution < 1.29 is 9.84 Å². The number of benzene rings is 2. The number of hydrogen-bond donors (Lipinski definition) is 1. The maximum atomic E-state index is 9.94. The Labute approximate surface area is 152 Å². The largest absolute Gasteiger partial charge is 0.506 e. The number of phenolic OH excluding ortho intramolecular Hbond substituents is 1. The Morgan fingerprint density at radius 2 is 1.75 bits per heavy atom. The molecule has 1 fully saturated rings. The van der Waals surface area contributed by atoms with E-state index in [9.17, 15) is 5.11 Å². The Morgan fingerprint density at radius 1 is 1.00 bits per heavy atom. The van der Waals surface area contributed by atoms with Crippen LogP contribution in [-0.2, 0) is 0 Å². The third-order valence-electron chi connectivity index (χ3n) is 4.15. The van der Waals surface area contributed by atoms with Gasteiger partial charge in [0.2, 0.25) is 0 Å². The number of piperazine rings is 1. The number of aromatic hydroxyl groups is 1. The first-order valence-corrected chi connectivity index (χ1v) is 8.72. The zero-order chi connectivity index (χ0) is 16.9. The highest BCUT2D eigenvalue weighted by atomic mass is 35.5. The molecule has 6 heteroatoms. The minimum atomic E-state index is 0.340. The molecule has 1 aliphatic heterocycles. The molecule has 0 amide bonds. The van der Waals surface area contributed by atoms with Gasteiger partial charge in [-0.2, -0.15) is 0 Å². The molecular formula is C18H20Cl2N2O2. The summed E-state index contributed by atoms with van der Waals surface area (Å²) in [7, 11) is 0. The third-order valence-corrected chi connectivity index (χ3v) is 4.68. The van der Waals surface area contributed by atoms with Gasteiger partial charge >= 0.3 is 0 Å². The fourth-order valence-electron chi connectivity index (χ4n) is 2.82. The molecule has 0 radical (unpaired) electrons. The maximum Gasteiger partial charge on any atom is 0.138 e. The van der Waals surface area contributed by atoms with Crippen LogP contribution in [-0.4, -0.2) is 49.3 Å². The summed E-state index contributed by atoms with van der Waals surface area (Å²) >= 11 is 12.0. The highest BCUT2D eigenvalue weighted by Gasteiger charge is 2.18. The van der Waals surface area contributed by atoms with Crippen LogP contribution in [0.5, 0.6) is 11.5 Å². The molecule has 0 unspecified atom stereocenters. The summed E-state index contributed by atoms with van der Waals surface area (Å²) in [5.41, 5.74) is 0.904. The van der Waals surface area contributed by atoms with Gasteiger partial charge in [-0.3, -0.25) is 4.90 Å². The van der Waals surface area contributed by atoms with Gasteiger partial charge in [0.15, 0.2) is 0 Å². The SMILES string of the molecule is Oc1ccccc1N1CCN(CCOc2ccc(Cl)cc2Cl)CC1. The van der Waals surface area contributed by atoms with Crippen molar-refractivity contribution in [2.45, 2.75) is 0 Å². The fourth-order valence-corrected chi connectivity index (χ4v) is 3.28. The van der Waals surface area contributed by atoms with Crippen molar-refractivity contribution in [3.05, 3.63) is 52.5 Å². The van der Waals surface area contributed by atoms with Crippen molar-refractivity contribution in [2.75, 3.05) is 44.2 Å². The molecular weight excluding hydrogens is 347 g/mol. The van der Waals surface area contributed by atoms with E-state index in [2.05, 4.69) is 9.80 Å². The van der Waals surface area contributed by atoms with Gasteiger partial charge in [0.05, 0.1) is 10.7 Å². The average Bonchev–Trinajstić information content (AvgIpc) is 2.58. The number of rotatable bonds is 5. The van der Waals surface area contributed by atoms with Gasteiger partial charge in [0.25, 0.3) is 0 Å². The number of halogens is 2. The second-order valence-electron chi connectivity index (χ2n) is 5.74. The van der Waals surface area contributed by atoms with Crippen LogP contribution < -0.4 is 9.64 Å². The van der Waals surface area contributed by atoms with Crippen molar-refractivity contribution in [2.24, 2.45) is 0 Å². The Morgan fingerprint density at radius 3 is 2.46 bits per heavy atom. The summed E-state index contributed by atoms with van der Waals surface area (Å²) in [6.07, 6.45) is 0. The second kappa shape index (κ2) is 7.97. The van der Waals surface area contributed by atoms with Crippen LogP contribution in [0, 0.1) is 0 Å². The molecule has 24 heavy (non-hydrogen) atoms. The lowest BCUT2D eigenvalue weighted by molar-refractivity contribution is 0.200. The average molecular weight is 367 g/mol.